The highest BCUT2D eigenvalue weighted by molar-refractivity contribution is 5.69. The third-order valence-corrected chi connectivity index (χ3v) is 4.40. The second-order valence-corrected chi connectivity index (χ2v) is 6.46. The SMILES string of the molecule is CCCCCCC(C)N(CC(=O)O)C(C)CCCCCC. The Hall–Kier alpha value is -0.570. The summed E-state index contributed by atoms with van der Waals surface area (Å²) in [5.41, 5.74) is 0. The lowest BCUT2D eigenvalue weighted by molar-refractivity contribution is -0.139. The molecule has 1 N–H and O–H groups in total. The molecule has 0 rings (SSSR count). The van der Waals surface area contributed by atoms with E-state index in [2.05, 4.69) is 32.6 Å². The van der Waals surface area contributed by atoms with Crippen molar-refractivity contribution in [1.82, 2.24) is 4.90 Å². The standard InChI is InChI=1S/C18H37NO2/c1-5-7-9-11-13-16(3)19(15-18(20)21)17(4)14-12-10-8-6-2/h16-17H,5-15H2,1-4H3,(H,20,21). The molecule has 2 atom stereocenters. The van der Waals surface area contributed by atoms with Crippen LogP contribution in [0.1, 0.15) is 91.9 Å². The first-order valence-electron chi connectivity index (χ1n) is 9.00. The minimum absolute atomic E-state index is 0.184. The number of nitrogens with zero attached hydrogens (tertiary/aromatic N) is 1. The summed E-state index contributed by atoms with van der Waals surface area (Å²) in [6.07, 6.45) is 12.3. The maximum absolute atomic E-state index is 11.1. The van der Waals surface area contributed by atoms with Crippen molar-refractivity contribution in [1.29, 1.82) is 0 Å². The molecule has 3 nitrogen and oxygen atoms in total. The van der Waals surface area contributed by atoms with Crippen molar-refractivity contribution in [2.45, 2.75) is 104 Å². The van der Waals surface area contributed by atoms with Crippen LogP contribution < -0.4 is 0 Å². The molecule has 0 radical (unpaired) electrons. The van der Waals surface area contributed by atoms with Gasteiger partial charge in [0.05, 0.1) is 6.54 Å². The molecular weight excluding hydrogens is 262 g/mol. The second-order valence-electron chi connectivity index (χ2n) is 6.46. The molecule has 0 saturated carbocycles. The average molecular weight is 299 g/mol. The van der Waals surface area contributed by atoms with Crippen molar-refractivity contribution >= 4 is 5.97 Å². The number of carboxylic acid groups (broad SMARTS) is 1. The molecule has 3 heteroatoms. The van der Waals surface area contributed by atoms with Crippen LogP contribution in [0.25, 0.3) is 0 Å². The lowest BCUT2D eigenvalue weighted by Gasteiger charge is -2.33. The summed E-state index contributed by atoms with van der Waals surface area (Å²) >= 11 is 0. The molecule has 2 unspecified atom stereocenters. The Morgan fingerprint density at radius 2 is 1.29 bits per heavy atom. The Morgan fingerprint density at radius 3 is 1.62 bits per heavy atom. The Balaban J connectivity index is 4.23. The summed E-state index contributed by atoms with van der Waals surface area (Å²) in [5, 5.41) is 9.16. The predicted octanol–water partition coefficient (Wildman–Crippen LogP) is 5.09. The van der Waals surface area contributed by atoms with E-state index in [1.807, 2.05) is 0 Å². The van der Waals surface area contributed by atoms with Gasteiger partial charge >= 0.3 is 5.97 Å². The number of rotatable bonds is 14. The van der Waals surface area contributed by atoms with Crippen LogP contribution in [-0.2, 0) is 4.79 Å². The van der Waals surface area contributed by atoms with Gasteiger partial charge in [-0.2, -0.15) is 0 Å². The van der Waals surface area contributed by atoms with Crippen LogP contribution in [0, 0.1) is 0 Å². The van der Waals surface area contributed by atoms with Gasteiger partial charge in [-0.25, -0.2) is 0 Å². The summed E-state index contributed by atoms with van der Waals surface area (Å²) in [4.78, 5) is 13.3. The maximum Gasteiger partial charge on any atom is 0.317 e. The second kappa shape index (κ2) is 13.1. The van der Waals surface area contributed by atoms with Crippen molar-refractivity contribution in [3.05, 3.63) is 0 Å². The summed E-state index contributed by atoms with van der Waals surface area (Å²) in [6.45, 7) is 9.01. The fraction of sp³-hybridized carbons (Fsp3) is 0.944. The van der Waals surface area contributed by atoms with E-state index in [1.54, 1.807) is 0 Å². The molecule has 0 bridgehead atoms. The van der Waals surface area contributed by atoms with Crippen molar-refractivity contribution in [3.8, 4) is 0 Å². The van der Waals surface area contributed by atoms with Crippen molar-refractivity contribution in [3.63, 3.8) is 0 Å². The van der Waals surface area contributed by atoms with E-state index in [0.29, 0.717) is 12.1 Å². The summed E-state index contributed by atoms with van der Waals surface area (Å²) in [7, 11) is 0. The monoisotopic (exact) mass is 299 g/mol. The van der Waals surface area contributed by atoms with E-state index in [0.717, 1.165) is 12.8 Å². The zero-order valence-electron chi connectivity index (χ0n) is 14.7. The molecule has 126 valence electrons. The molecule has 0 aromatic carbocycles. The maximum atomic E-state index is 11.1. The Labute approximate surface area is 132 Å². The predicted molar refractivity (Wildman–Crippen MR) is 90.8 cm³/mol. The van der Waals surface area contributed by atoms with Gasteiger partial charge in [0.2, 0.25) is 0 Å². The van der Waals surface area contributed by atoms with E-state index in [-0.39, 0.29) is 6.54 Å². The smallest absolute Gasteiger partial charge is 0.317 e. The van der Waals surface area contributed by atoms with Crippen molar-refractivity contribution < 1.29 is 9.90 Å². The number of carboxylic acids is 1. The number of unbranched alkanes of at least 4 members (excludes halogenated alkanes) is 6. The first kappa shape index (κ1) is 20.4. The van der Waals surface area contributed by atoms with E-state index < -0.39 is 5.97 Å². The first-order chi connectivity index (χ1) is 10.0. The van der Waals surface area contributed by atoms with Crippen LogP contribution in [0.15, 0.2) is 0 Å². The average Bonchev–Trinajstić information content (AvgIpc) is 2.45. The molecular formula is C18H37NO2. The van der Waals surface area contributed by atoms with Crippen LogP contribution in [0.3, 0.4) is 0 Å². The first-order valence-corrected chi connectivity index (χ1v) is 9.00. The van der Waals surface area contributed by atoms with Crippen LogP contribution in [0.4, 0.5) is 0 Å². The van der Waals surface area contributed by atoms with Gasteiger partial charge < -0.3 is 5.11 Å². The van der Waals surface area contributed by atoms with Crippen molar-refractivity contribution in [2.75, 3.05) is 6.54 Å². The molecule has 0 fully saturated rings. The van der Waals surface area contributed by atoms with E-state index in [9.17, 15) is 4.79 Å². The molecule has 0 saturated heterocycles. The molecule has 0 spiro atoms. The van der Waals surface area contributed by atoms with Gasteiger partial charge in [-0.05, 0) is 26.7 Å². The lowest BCUT2D eigenvalue weighted by Crippen LogP contribution is -2.43. The zero-order chi connectivity index (χ0) is 16.1. The fourth-order valence-electron chi connectivity index (χ4n) is 2.97. The highest BCUT2D eigenvalue weighted by atomic mass is 16.4. The largest absolute Gasteiger partial charge is 0.480 e. The van der Waals surface area contributed by atoms with Gasteiger partial charge in [-0.15, -0.1) is 0 Å². The number of carbonyl (C=O) groups is 1. The molecule has 0 amide bonds. The minimum Gasteiger partial charge on any atom is -0.480 e. The van der Waals surface area contributed by atoms with Gasteiger partial charge in [0, 0.05) is 12.1 Å². The third kappa shape index (κ3) is 10.8. The number of hydrogen-bond donors (Lipinski definition) is 1. The van der Waals surface area contributed by atoms with Gasteiger partial charge in [-0.1, -0.05) is 65.2 Å². The van der Waals surface area contributed by atoms with E-state index in [4.69, 9.17) is 5.11 Å². The third-order valence-electron chi connectivity index (χ3n) is 4.40. The van der Waals surface area contributed by atoms with Crippen LogP contribution >= 0.6 is 0 Å². The Kier molecular flexibility index (Phi) is 12.8. The lowest BCUT2D eigenvalue weighted by atomic mass is 10.0. The van der Waals surface area contributed by atoms with Gasteiger partial charge in [0.25, 0.3) is 0 Å². The molecule has 21 heavy (non-hydrogen) atoms. The van der Waals surface area contributed by atoms with Crippen molar-refractivity contribution in [2.24, 2.45) is 0 Å². The molecule has 0 aromatic rings. The summed E-state index contributed by atoms with van der Waals surface area (Å²) < 4.78 is 0. The number of hydrogen-bond acceptors (Lipinski definition) is 2. The number of aliphatic carboxylic acids is 1. The molecule has 0 aliphatic rings. The molecule has 0 aromatic heterocycles. The fourth-order valence-corrected chi connectivity index (χ4v) is 2.97. The summed E-state index contributed by atoms with van der Waals surface area (Å²) in [5.74, 6) is -0.698. The molecule has 0 heterocycles. The van der Waals surface area contributed by atoms with Crippen LogP contribution in [0.5, 0.6) is 0 Å². The van der Waals surface area contributed by atoms with Crippen LogP contribution in [0.2, 0.25) is 0 Å². The van der Waals surface area contributed by atoms with Gasteiger partial charge in [0.15, 0.2) is 0 Å². The Morgan fingerprint density at radius 1 is 0.857 bits per heavy atom. The zero-order valence-corrected chi connectivity index (χ0v) is 14.7. The Bertz CT molecular complexity index is 238. The molecule has 0 aliphatic carbocycles. The minimum atomic E-state index is -0.698. The molecule has 0 aliphatic heterocycles. The highest BCUT2D eigenvalue weighted by Crippen LogP contribution is 2.17. The van der Waals surface area contributed by atoms with E-state index in [1.165, 1.54) is 51.4 Å². The van der Waals surface area contributed by atoms with Gasteiger partial charge in [0.1, 0.15) is 0 Å². The quantitative estimate of drug-likeness (QED) is 0.454. The van der Waals surface area contributed by atoms with Gasteiger partial charge in [-0.3, -0.25) is 9.69 Å². The van der Waals surface area contributed by atoms with E-state index >= 15 is 0 Å². The highest BCUT2D eigenvalue weighted by Gasteiger charge is 2.21. The summed E-state index contributed by atoms with van der Waals surface area (Å²) in [6, 6.07) is 0.748. The topological polar surface area (TPSA) is 40.5 Å². The normalized spacial score (nSPS) is 14.3. The van der Waals surface area contributed by atoms with Crippen LogP contribution in [-0.4, -0.2) is 34.6 Å².